The SMILES string of the molecule is C=C(C)C(=O)O.C=C(C)C(=O)O.CC1=COC1=O.CC1=COC1=O.CCc1ccc(C(C)(C)c2ccc(CC)cc2)cc1. The molecule has 0 bridgehead atoms. The first kappa shape index (κ1) is 38.3. The predicted octanol–water partition coefficient (Wildman–Crippen LogP) is 7.33. The second-order valence-corrected chi connectivity index (χ2v) is 10.3. The third-order valence-corrected chi connectivity index (χ3v) is 6.23. The van der Waals surface area contributed by atoms with E-state index < -0.39 is 11.9 Å². The van der Waals surface area contributed by atoms with E-state index in [0.717, 1.165) is 12.8 Å². The van der Waals surface area contributed by atoms with E-state index >= 15 is 0 Å². The molecular weight excluding hydrogens is 548 g/mol. The Bertz CT molecular complexity index is 1210. The molecule has 2 N–H and O–H groups in total. The van der Waals surface area contributed by atoms with Gasteiger partial charge in [0.25, 0.3) is 0 Å². The van der Waals surface area contributed by atoms with Gasteiger partial charge in [0.1, 0.15) is 12.5 Å². The van der Waals surface area contributed by atoms with E-state index in [2.05, 4.69) is 98.9 Å². The Morgan fingerprint density at radius 1 is 0.674 bits per heavy atom. The summed E-state index contributed by atoms with van der Waals surface area (Å²) >= 11 is 0. The molecular formula is C35H44O8. The fraction of sp³-hybridized carbons (Fsp3) is 0.314. The van der Waals surface area contributed by atoms with Crippen molar-refractivity contribution >= 4 is 23.9 Å². The molecule has 2 aliphatic rings. The van der Waals surface area contributed by atoms with Crippen molar-refractivity contribution in [1.29, 1.82) is 0 Å². The van der Waals surface area contributed by atoms with Crippen molar-refractivity contribution in [3.05, 3.63) is 119 Å². The van der Waals surface area contributed by atoms with Gasteiger partial charge in [-0.05, 0) is 62.8 Å². The smallest absolute Gasteiger partial charge is 0.341 e. The van der Waals surface area contributed by atoms with Crippen LogP contribution in [0.5, 0.6) is 0 Å². The minimum absolute atomic E-state index is 0.0680. The molecule has 0 atom stereocenters. The van der Waals surface area contributed by atoms with Gasteiger partial charge >= 0.3 is 23.9 Å². The fourth-order valence-electron chi connectivity index (χ4n) is 2.93. The lowest BCUT2D eigenvalue weighted by Crippen LogP contribution is -2.18. The molecule has 2 heterocycles. The molecule has 4 rings (SSSR count). The Morgan fingerprint density at radius 2 is 0.907 bits per heavy atom. The van der Waals surface area contributed by atoms with Crippen molar-refractivity contribution in [3.8, 4) is 0 Å². The number of aryl methyl sites for hydroxylation is 2. The summed E-state index contributed by atoms with van der Waals surface area (Å²) in [4.78, 5) is 39.1. The van der Waals surface area contributed by atoms with Crippen LogP contribution in [0.3, 0.4) is 0 Å². The van der Waals surface area contributed by atoms with Crippen LogP contribution >= 0.6 is 0 Å². The zero-order valence-electron chi connectivity index (χ0n) is 26.4. The molecule has 2 aromatic rings. The molecule has 0 aromatic heterocycles. The highest BCUT2D eigenvalue weighted by Crippen LogP contribution is 2.31. The van der Waals surface area contributed by atoms with Crippen LogP contribution in [0.2, 0.25) is 0 Å². The first-order chi connectivity index (χ1) is 20.0. The van der Waals surface area contributed by atoms with Crippen LogP contribution in [0.1, 0.15) is 77.6 Å². The van der Waals surface area contributed by atoms with Gasteiger partial charge in [-0.25, -0.2) is 19.2 Å². The Balaban J connectivity index is 0.000000600. The molecule has 2 aliphatic heterocycles. The van der Waals surface area contributed by atoms with Gasteiger partial charge in [0.2, 0.25) is 0 Å². The van der Waals surface area contributed by atoms with Gasteiger partial charge in [0.05, 0.1) is 11.1 Å². The monoisotopic (exact) mass is 592 g/mol. The van der Waals surface area contributed by atoms with Crippen LogP contribution in [0.4, 0.5) is 0 Å². The maximum absolute atomic E-state index is 9.94. The molecule has 8 heteroatoms. The van der Waals surface area contributed by atoms with Crippen molar-refractivity contribution in [2.75, 3.05) is 0 Å². The number of esters is 2. The van der Waals surface area contributed by atoms with Crippen molar-refractivity contribution < 1.29 is 38.9 Å². The molecule has 0 radical (unpaired) electrons. The maximum atomic E-state index is 9.94. The molecule has 0 unspecified atom stereocenters. The number of aliphatic carboxylic acids is 2. The lowest BCUT2D eigenvalue weighted by Gasteiger charge is -2.26. The summed E-state index contributed by atoms with van der Waals surface area (Å²) in [5.41, 5.74) is 7.40. The molecule has 0 spiro atoms. The Kier molecular flexibility index (Phi) is 16.6. The van der Waals surface area contributed by atoms with E-state index in [0.29, 0.717) is 11.1 Å². The zero-order valence-corrected chi connectivity index (χ0v) is 26.4. The number of carboxylic acids is 2. The molecule has 0 amide bonds. The topological polar surface area (TPSA) is 127 Å². The van der Waals surface area contributed by atoms with Crippen LogP contribution in [-0.2, 0) is 46.9 Å². The van der Waals surface area contributed by atoms with Crippen LogP contribution in [-0.4, -0.2) is 34.1 Å². The summed E-state index contributed by atoms with van der Waals surface area (Å²) in [5, 5.41) is 15.8. The number of hydrogen-bond donors (Lipinski definition) is 2. The fourth-order valence-corrected chi connectivity index (χ4v) is 2.93. The van der Waals surface area contributed by atoms with Gasteiger partial charge in [0.15, 0.2) is 0 Å². The normalized spacial score (nSPS) is 12.3. The Morgan fingerprint density at radius 3 is 1.02 bits per heavy atom. The van der Waals surface area contributed by atoms with Gasteiger partial charge in [0, 0.05) is 16.6 Å². The number of carbonyl (C=O) groups is 4. The molecule has 232 valence electrons. The molecule has 0 saturated heterocycles. The third kappa shape index (κ3) is 14.1. The molecule has 0 aliphatic carbocycles. The minimum Gasteiger partial charge on any atom is -0.478 e. The van der Waals surface area contributed by atoms with Crippen molar-refractivity contribution in [2.24, 2.45) is 0 Å². The zero-order chi connectivity index (χ0) is 33.3. The van der Waals surface area contributed by atoms with Crippen molar-refractivity contribution in [2.45, 2.75) is 73.6 Å². The summed E-state index contributed by atoms with van der Waals surface area (Å²) in [7, 11) is 0. The van der Waals surface area contributed by atoms with Gasteiger partial charge in [-0.1, -0.05) is 89.4 Å². The van der Waals surface area contributed by atoms with Crippen LogP contribution < -0.4 is 0 Å². The molecule has 2 aromatic carbocycles. The lowest BCUT2D eigenvalue weighted by molar-refractivity contribution is -0.138. The van der Waals surface area contributed by atoms with Crippen molar-refractivity contribution in [3.63, 3.8) is 0 Å². The number of rotatable bonds is 6. The standard InChI is InChI=1S/C19H24.2C4H4O2.2C4H6O2/c1-5-15-7-11-17(12-8-15)19(3,4)18-13-9-16(6-2)10-14-18;2*1-3-2-6-4(3)5;2*1-3(2)4(5)6/h7-14H,5-6H2,1-4H3;2*2H,1H3;2*1H2,2H3,(H,5,6). The quantitative estimate of drug-likeness (QED) is 0.264. The lowest BCUT2D eigenvalue weighted by atomic mass is 9.77. The molecule has 43 heavy (non-hydrogen) atoms. The number of benzene rings is 2. The van der Waals surface area contributed by atoms with Gasteiger partial charge in [-0.2, -0.15) is 0 Å². The summed E-state index contributed by atoms with van der Waals surface area (Å²) < 4.78 is 8.48. The highest BCUT2D eigenvalue weighted by Gasteiger charge is 2.22. The predicted molar refractivity (Wildman–Crippen MR) is 168 cm³/mol. The van der Waals surface area contributed by atoms with E-state index in [1.807, 2.05) is 0 Å². The second-order valence-electron chi connectivity index (χ2n) is 10.3. The van der Waals surface area contributed by atoms with Gasteiger partial charge < -0.3 is 19.7 Å². The van der Waals surface area contributed by atoms with E-state index in [-0.39, 0.29) is 28.5 Å². The highest BCUT2D eigenvalue weighted by atomic mass is 16.5. The number of hydrogen-bond acceptors (Lipinski definition) is 6. The summed E-state index contributed by atoms with van der Waals surface area (Å²) in [6, 6.07) is 18.1. The van der Waals surface area contributed by atoms with Crippen LogP contribution in [0, 0.1) is 0 Å². The number of ether oxygens (including phenoxy) is 2. The van der Waals surface area contributed by atoms with E-state index in [1.54, 1.807) is 13.8 Å². The first-order valence-corrected chi connectivity index (χ1v) is 13.7. The first-order valence-electron chi connectivity index (χ1n) is 13.7. The average molecular weight is 593 g/mol. The molecule has 8 nitrogen and oxygen atoms in total. The Labute approximate surface area is 255 Å². The largest absolute Gasteiger partial charge is 0.478 e. The average Bonchev–Trinajstić information content (AvgIpc) is 3.00. The molecule has 0 fully saturated rings. The number of carbonyl (C=O) groups excluding carboxylic acids is 2. The summed E-state index contributed by atoms with van der Waals surface area (Å²) in [5.74, 6) is -2.27. The van der Waals surface area contributed by atoms with Crippen LogP contribution in [0.25, 0.3) is 0 Å². The van der Waals surface area contributed by atoms with E-state index in [9.17, 15) is 19.2 Å². The summed E-state index contributed by atoms with van der Waals surface area (Å²) in [6.07, 6.45) is 5.07. The van der Waals surface area contributed by atoms with E-state index in [1.165, 1.54) is 48.6 Å². The Hall–Kier alpha value is -4.72. The molecule has 0 saturated carbocycles. The highest BCUT2D eigenvalue weighted by molar-refractivity contribution is 5.93. The second kappa shape index (κ2) is 18.7. The number of cyclic esters (lactones) is 2. The minimum atomic E-state index is -0.935. The third-order valence-electron chi connectivity index (χ3n) is 6.23. The maximum Gasteiger partial charge on any atom is 0.341 e. The summed E-state index contributed by atoms with van der Waals surface area (Å²) in [6.45, 7) is 21.6. The van der Waals surface area contributed by atoms with E-state index in [4.69, 9.17) is 10.2 Å². The van der Waals surface area contributed by atoms with Gasteiger partial charge in [-0.3, -0.25) is 0 Å². The van der Waals surface area contributed by atoms with Crippen LogP contribution in [0.15, 0.2) is 96.5 Å². The number of carboxylic acid groups (broad SMARTS) is 2. The van der Waals surface area contributed by atoms with Crippen molar-refractivity contribution in [1.82, 2.24) is 0 Å². The van der Waals surface area contributed by atoms with Gasteiger partial charge in [-0.15, -0.1) is 0 Å².